The van der Waals surface area contributed by atoms with Gasteiger partial charge in [-0.15, -0.1) is 0 Å². The zero-order valence-corrected chi connectivity index (χ0v) is 17.9. The molecule has 0 radical (unpaired) electrons. The lowest BCUT2D eigenvalue weighted by molar-refractivity contribution is 0.396. The molecule has 0 aliphatic carbocycles. The van der Waals surface area contributed by atoms with Crippen LogP contribution in [0.25, 0.3) is 0 Å². The maximum absolute atomic E-state index is 13.6. The fourth-order valence-electron chi connectivity index (χ4n) is 3.16. The number of rotatable bonds is 7. The third kappa shape index (κ3) is 4.33. The van der Waals surface area contributed by atoms with Crippen molar-refractivity contribution in [2.45, 2.75) is 17.9 Å². The zero-order valence-electron chi connectivity index (χ0n) is 16.4. The fourth-order valence-corrected chi connectivity index (χ4v) is 4.94. The van der Waals surface area contributed by atoms with Crippen LogP contribution in [0.1, 0.15) is 18.5 Å². The Morgan fingerprint density at radius 2 is 1.55 bits per heavy atom. The van der Waals surface area contributed by atoms with E-state index in [9.17, 15) is 8.42 Å². The molecular formula is C22H22ClNO4S. The third-order valence-corrected chi connectivity index (χ3v) is 6.78. The summed E-state index contributed by atoms with van der Waals surface area (Å²) in [5.41, 5.74) is 1.18. The van der Waals surface area contributed by atoms with E-state index in [0.717, 1.165) is 0 Å². The summed E-state index contributed by atoms with van der Waals surface area (Å²) in [6, 6.07) is 19.8. The summed E-state index contributed by atoms with van der Waals surface area (Å²) in [5.74, 6) is 1.18. The van der Waals surface area contributed by atoms with Crippen LogP contribution in [0.2, 0.25) is 5.02 Å². The second kappa shape index (κ2) is 8.76. The lowest BCUT2D eigenvalue weighted by Crippen LogP contribution is -2.34. The Hall–Kier alpha value is -2.70. The molecule has 3 aromatic carbocycles. The Balaban J connectivity index is 2.20. The number of hydrogen-bond donors (Lipinski definition) is 0. The van der Waals surface area contributed by atoms with Gasteiger partial charge in [-0.2, -0.15) is 0 Å². The number of anilines is 1. The van der Waals surface area contributed by atoms with Gasteiger partial charge in [0.05, 0.1) is 30.8 Å². The van der Waals surface area contributed by atoms with Gasteiger partial charge in [-0.25, -0.2) is 8.42 Å². The summed E-state index contributed by atoms with van der Waals surface area (Å²) in [6.07, 6.45) is 0. The van der Waals surface area contributed by atoms with E-state index in [-0.39, 0.29) is 4.90 Å². The lowest BCUT2D eigenvalue weighted by atomic mass is 10.1. The molecule has 7 heteroatoms. The summed E-state index contributed by atoms with van der Waals surface area (Å²) >= 11 is 6.03. The molecule has 0 amide bonds. The van der Waals surface area contributed by atoms with Crippen molar-refractivity contribution in [2.24, 2.45) is 0 Å². The van der Waals surface area contributed by atoms with E-state index in [0.29, 0.717) is 27.8 Å². The van der Waals surface area contributed by atoms with E-state index in [1.165, 1.54) is 4.31 Å². The number of benzene rings is 3. The lowest BCUT2D eigenvalue weighted by Gasteiger charge is -2.32. The summed E-state index contributed by atoms with van der Waals surface area (Å²) in [6.45, 7) is 1.81. The number of sulfonamides is 1. The Labute approximate surface area is 176 Å². The summed E-state index contributed by atoms with van der Waals surface area (Å²) in [7, 11) is -0.750. The SMILES string of the molecule is COc1ccc(OC)c(C(C)N(c2ccc(Cl)cc2)S(=O)(=O)c2ccccc2)c1. The summed E-state index contributed by atoms with van der Waals surface area (Å²) in [4.78, 5) is 0.198. The van der Waals surface area contributed by atoms with E-state index < -0.39 is 16.1 Å². The maximum atomic E-state index is 13.6. The van der Waals surface area contributed by atoms with Crippen LogP contribution in [-0.2, 0) is 10.0 Å². The molecule has 0 saturated carbocycles. The van der Waals surface area contributed by atoms with E-state index in [1.54, 1.807) is 87.0 Å². The molecule has 0 bridgehead atoms. The van der Waals surface area contributed by atoms with E-state index in [2.05, 4.69) is 0 Å². The van der Waals surface area contributed by atoms with Crippen LogP contribution in [0.3, 0.4) is 0 Å². The first kappa shape index (κ1) is 21.0. The maximum Gasteiger partial charge on any atom is 0.264 e. The van der Waals surface area contributed by atoms with Gasteiger partial charge in [0.25, 0.3) is 10.0 Å². The predicted molar refractivity (Wildman–Crippen MR) is 116 cm³/mol. The molecule has 152 valence electrons. The van der Waals surface area contributed by atoms with Gasteiger partial charge in [-0.05, 0) is 61.5 Å². The molecule has 3 aromatic rings. The Bertz CT molecular complexity index is 1070. The molecule has 29 heavy (non-hydrogen) atoms. The van der Waals surface area contributed by atoms with Crippen LogP contribution in [0.5, 0.6) is 11.5 Å². The van der Waals surface area contributed by atoms with Gasteiger partial charge < -0.3 is 9.47 Å². The van der Waals surface area contributed by atoms with Crippen molar-refractivity contribution < 1.29 is 17.9 Å². The minimum atomic E-state index is -3.87. The van der Waals surface area contributed by atoms with E-state index in [1.807, 2.05) is 6.92 Å². The number of halogens is 1. The second-order valence-corrected chi connectivity index (χ2v) is 8.63. The highest BCUT2D eigenvalue weighted by Gasteiger charge is 2.32. The molecule has 0 spiro atoms. The van der Waals surface area contributed by atoms with Crippen LogP contribution in [0.4, 0.5) is 5.69 Å². The summed E-state index contributed by atoms with van der Waals surface area (Å²) < 4.78 is 39.4. The standard InChI is InChI=1S/C22H22ClNO4S/c1-16(21-15-19(27-2)13-14-22(21)28-3)24(18-11-9-17(23)10-12-18)29(25,26)20-7-5-4-6-8-20/h4-16H,1-3H3. The molecule has 1 unspecified atom stereocenters. The van der Waals surface area contributed by atoms with Gasteiger partial charge in [0.1, 0.15) is 11.5 Å². The second-order valence-electron chi connectivity index (χ2n) is 6.37. The first-order chi connectivity index (χ1) is 13.9. The Morgan fingerprint density at radius 3 is 2.14 bits per heavy atom. The number of methoxy groups -OCH3 is 2. The van der Waals surface area contributed by atoms with Gasteiger partial charge in [-0.3, -0.25) is 4.31 Å². The van der Waals surface area contributed by atoms with Crippen molar-refractivity contribution in [3.05, 3.63) is 83.4 Å². The number of ether oxygens (including phenoxy) is 2. The smallest absolute Gasteiger partial charge is 0.264 e. The van der Waals surface area contributed by atoms with Crippen molar-refractivity contribution in [1.29, 1.82) is 0 Å². The minimum Gasteiger partial charge on any atom is -0.497 e. The van der Waals surface area contributed by atoms with Crippen molar-refractivity contribution in [3.8, 4) is 11.5 Å². The molecule has 0 saturated heterocycles. The van der Waals surface area contributed by atoms with Gasteiger partial charge in [0, 0.05) is 10.6 Å². The Morgan fingerprint density at radius 1 is 0.897 bits per heavy atom. The van der Waals surface area contributed by atoms with Gasteiger partial charge in [0.15, 0.2) is 0 Å². The van der Waals surface area contributed by atoms with Crippen molar-refractivity contribution >= 4 is 27.3 Å². The quantitative estimate of drug-likeness (QED) is 0.508. The van der Waals surface area contributed by atoms with Crippen molar-refractivity contribution in [3.63, 3.8) is 0 Å². The molecule has 0 fully saturated rings. The molecule has 0 aromatic heterocycles. The molecule has 0 aliphatic rings. The highest BCUT2D eigenvalue weighted by atomic mass is 35.5. The van der Waals surface area contributed by atoms with Crippen LogP contribution in [-0.4, -0.2) is 22.6 Å². The normalized spacial score (nSPS) is 12.3. The Kier molecular flexibility index (Phi) is 6.35. The van der Waals surface area contributed by atoms with E-state index in [4.69, 9.17) is 21.1 Å². The minimum absolute atomic E-state index is 0.198. The van der Waals surface area contributed by atoms with E-state index >= 15 is 0 Å². The monoisotopic (exact) mass is 431 g/mol. The molecule has 0 aliphatic heterocycles. The first-order valence-corrected chi connectivity index (χ1v) is 10.8. The number of nitrogens with zero attached hydrogens (tertiary/aromatic N) is 1. The fraction of sp³-hybridized carbons (Fsp3) is 0.182. The molecule has 0 N–H and O–H groups in total. The molecule has 0 heterocycles. The topological polar surface area (TPSA) is 55.8 Å². The highest BCUT2D eigenvalue weighted by molar-refractivity contribution is 7.92. The zero-order chi connectivity index (χ0) is 21.0. The average Bonchev–Trinajstić information content (AvgIpc) is 2.75. The van der Waals surface area contributed by atoms with Crippen molar-refractivity contribution in [1.82, 2.24) is 0 Å². The summed E-state index contributed by atoms with van der Waals surface area (Å²) in [5, 5.41) is 0.525. The van der Waals surface area contributed by atoms with Gasteiger partial charge in [-0.1, -0.05) is 29.8 Å². The third-order valence-electron chi connectivity index (χ3n) is 4.62. The van der Waals surface area contributed by atoms with Gasteiger partial charge in [0.2, 0.25) is 0 Å². The average molecular weight is 432 g/mol. The first-order valence-electron chi connectivity index (χ1n) is 8.95. The van der Waals surface area contributed by atoms with Crippen LogP contribution < -0.4 is 13.8 Å². The molecule has 5 nitrogen and oxygen atoms in total. The molecular weight excluding hydrogens is 410 g/mol. The molecule has 3 rings (SSSR count). The largest absolute Gasteiger partial charge is 0.497 e. The van der Waals surface area contributed by atoms with Gasteiger partial charge >= 0.3 is 0 Å². The van der Waals surface area contributed by atoms with Crippen LogP contribution in [0.15, 0.2) is 77.7 Å². The number of hydrogen-bond acceptors (Lipinski definition) is 4. The highest BCUT2D eigenvalue weighted by Crippen LogP contribution is 2.38. The van der Waals surface area contributed by atoms with Crippen molar-refractivity contribution in [2.75, 3.05) is 18.5 Å². The van der Waals surface area contributed by atoms with Crippen LogP contribution in [0, 0.1) is 0 Å². The molecule has 1 atom stereocenters. The predicted octanol–water partition coefficient (Wildman–Crippen LogP) is 5.31. The van der Waals surface area contributed by atoms with Crippen LogP contribution >= 0.6 is 11.6 Å².